The van der Waals surface area contributed by atoms with Gasteiger partial charge in [-0.1, -0.05) is 121 Å². The molecule has 0 aliphatic heterocycles. The van der Waals surface area contributed by atoms with E-state index in [-0.39, 0.29) is 12.5 Å². The first kappa shape index (κ1) is 33.9. The molecule has 218 valence electrons. The van der Waals surface area contributed by atoms with Crippen LogP contribution in [0.25, 0.3) is 0 Å². The quantitative estimate of drug-likeness (QED) is 0.133. The van der Waals surface area contributed by atoms with E-state index in [0.717, 1.165) is 31.4 Å². The topological polar surface area (TPSA) is 70.7 Å². The van der Waals surface area contributed by atoms with Crippen LogP contribution >= 0.6 is 0 Å². The number of carbonyl (C=O) groups excluding carboxylic acids is 2. The van der Waals surface area contributed by atoms with Crippen LogP contribution in [-0.4, -0.2) is 50.6 Å². The molecule has 0 aromatic heterocycles. The maximum atomic E-state index is 12.5. The van der Waals surface area contributed by atoms with E-state index in [2.05, 4.69) is 22.5 Å². The number of amides is 2. The molecule has 0 fully saturated rings. The Morgan fingerprint density at radius 2 is 1.18 bits per heavy atom. The van der Waals surface area contributed by atoms with Gasteiger partial charge < -0.3 is 20.3 Å². The van der Waals surface area contributed by atoms with Gasteiger partial charge in [0.2, 0.25) is 0 Å². The van der Waals surface area contributed by atoms with Crippen molar-refractivity contribution in [2.45, 2.75) is 123 Å². The molecular formula is C32H57N3O3. The van der Waals surface area contributed by atoms with Crippen LogP contribution in [0, 0.1) is 0 Å². The summed E-state index contributed by atoms with van der Waals surface area (Å²) >= 11 is 0. The summed E-state index contributed by atoms with van der Waals surface area (Å²) < 4.78 is 5.37. The number of ether oxygens (including phenoxy) is 1. The fourth-order valence-corrected chi connectivity index (χ4v) is 4.62. The van der Waals surface area contributed by atoms with Crippen molar-refractivity contribution in [3.63, 3.8) is 0 Å². The molecule has 6 nitrogen and oxygen atoms in total. The van der Waals surface area contributed by atoms with Crippen LogP contribution in [-0.2, 0) is 11.3 Å². The lowest BCUT2D eigenvalue weighted by atomic mass is 10.0. The highest BCUT2D eigenvalue weighted by molar-refractivity contribution is 5.95. The summed E-state index contributed by atoms with van der Waals surface area (Å²) in [5, 5.41) is 5.78. The fourth-order valence-electron chi connectivity index (χ4n) is 4.62. The van der Waals surface area contributed by atoms with Crippen molar-refractivity contribution in [2.24, 2.45) is 0 Å². The third-order valence-electron chi connectivity index (χ3n) is 6.99. The Morgan fingerprint density at radius 1 is 0.684 bits per heavy atom. The standard InChI is InChI=1S/C32H57N3O3/c1-4-5-6-7-8-9-10-11-12-13-14-15-16-17-18-21-25-34-32(37)38-28-29-23-19-20-24-30(29)31(36)33-26-22-27-35(2)3/h19-20,23-24H,4-18,21-22,25-28H2,1-3H3,(H,33,36)(H,34,37). The minimum Gasteiger partial charge on any atom is -0.445 e. The van der Waals surface area contributed by atoms with Crippen molar-refractivity contribution in [3.05, 3.63) is 35.4 Å². The second-order valence-corrected chi connectivity index (χ2v) is 10.9. The van der Waals surface area contributed by atoms with E-state index in [9.17, 15) is 9.59 Å². The first-order valence-corrected chi connectivity index (χ1v) is 15.5. The van der Waals surface area contributed by atoms with Crippen molar-refractivity contribution in [2.75, 3.05) is 33.7 Å². The zero-order valence-corrected chi connectivity index (χ0v) is 24.8. The minimum atomic E-state index is -0.424. The number of nitrogens with one attached hydrogen (secondary N) is 2. The number of rotatable bonds is 24. The molecule has 0 saturated carbocycles. The number of unbranched alkanes of at least 4 members (excludes halogenated alkanes) is 15. The zero-order valence-electron chi connectivity index (χ0n) is 24.8. The summed E-state index contributed by atoms with van der Waals surface area (Å²) in [6, 6.07) is 7.29. The van der Waals surface area contributed by atoms with Gasteiger partial charge in [-0.15, -0.1) is 0 Å². The molecule has 0 aliphatic carbocycles. The molecule has 2 N–H and O–H groups in total. The molecule has 0 saturated heterocycles. The summed E-state index contributed by atoms with van der Waals surface area (Å²) in [4.78, 5) is 26.7. The average Bonchev–Trinajstić information content (AvgIpc) is 2.91. The van der Waals surface area contributed by atoms with Crippen LogP contribution in [0.2, 0.25) is 0 Å². The molecule has 0 atom stereocenters. The molecule has 38 heavy (non-hydrogen) atoms. The van der Waals surface area contributed by atoms with Gasteiger partial charge in [0.15, 0.2) is 0 Å². The van der Waals surface area contributed by atoms with Crippen LogP contribution in [0.4, 0.5) is 4.79 Å². The van der Waals surface area contributed by atoms with Crippen LogP contribution in [0.3, 0.4) is 0 Å². The third kappa shape index (κ3) is 19.1. The first-order valence-electron chi connectivity index (χ1n) is 15.5. The average molecular weight is 532 g/mol. The van der Waals surface area contributed by atoms with Crippen LogP contribution in [0.5, 0.6) is 0 Å². The molecule has 6 heteroatoms. The van der Waals surface area contributed by atoms with Gasteiger partial charge in [-0.2, -0.15) is 0 Å². The van der Waals surface area contributed by atoms with Gasteiger partial charge in [0.05, 0.1) is 0 Å². The predicted octanol–water partition coefficient (Wildman–Crippen LogP) is 7.86. The molecular weight excluding hydrogens is 474 g/mol. The molecule has 0 bridgehead atoms. The summed E-state index contributed by atoms with van der Waals surface area (Å²) in [6.07, 6.45) is 21.8. The summed E-state index contributed by atoms with van der Waals surface area (Å²) in [5.41, 5.74) is 1.28. The molecule has 0 aliphatic rings. The highest BCUT2D eigenvalue weighted by Gasteiger charge is 2.12. The summed E-state index contributed by atoms with van der Waals surface area (Å²) in [7, 11) is 4.03. The van der Waals surface area contributed by atoms with E-state index in [1.807, 2.05) is 32.3 Å². The van der Waals surface area contributed by atoms with Crippen molar-refractivity contribution >= 4 is 12.0 Å². The van der Waals surface area contributed by atoms with Crippen molar-refractivity contribution in [1.29, 1.82) is 0 Å². The molecule has 2 amide bonds. The third-order valence-corrected chi connectivity index (χ3v) is 6.99. The van der Waals surface area contributed by atoms with E-state index in [1.54, 1.807) is 6.07 Å². The first-order chi connectivity index (χ1) is 18.5. The molecule has 0 spiro atoms. The van der Waals surface area contributed by atoms with Gasteiger partial charge in [0.25, 0.3) is 5.91 Å². The molecule has 1 aromatic rings. The number of hydrogen-bond acceptors (Lipinski definition) is 4. The Labute approximate surface area is 233 Å². The highest BCUT2D eigenvalue weighted by atomic mass is 16.5. The number of carbonyl (C=O) groups is 2. The van der Waals surface area contributed by atoms with Gasteiger partial charge >= 0.3 is 6.09 Å². The lowest BCUT2D eigenvalue weighted by Gasteiger charge is -2.12. The van der Waals surface area contributed by atoms with Gasteiger partial charge in [-0.25, -0.2) is 4.79 Å². The molecule has 0 unspecified atom stereocenters. The van der Waals surface area contributed by atoms with Crippen LogP contribution < -0.4 is 10.6 Å². The van der Waals surface area contributed by atoms with Crippen LogP contribution in [0.15, 0.2) is 24.3 Å². The second-order valence-electron chi connectivity index (χ2n) is 10.9. The van der Waals surface area contributed by atoms with Crippen molar-refractivity contribution < 1.29 is 14.3 Å². The Hall–Kier alpha value is -2.08. The number of hydrogen-bond donors (Lipinski definition) is 2. The fraction of sp³-hybridized carbons (Fsp3) is 0.750. The maximum absolute atomic E-state index is 12.5. The lowest BCUT2D eigenvalue weighted by molar-refractivity contribution is 0.0945. The normalized spacial score (nSPS) is 11.1. The summed E-state index contributed by atoms with van der Waals surface area (Å²) in [6.45, 7) is 4.53. The van der Waals surface area contributed by atoms with Crippen LogP contribution in [0.1, 0.15) is 132 Å². The second kappa shape index (κ2) is 24.0. The Kier molecular flexibility index (Phi) is 21.4. The number of alkyl carbamates (subject to hydrolysis) is 1. The Morgan fingerprint density at radius 3 is 1.74 bits per heavy atom. The molecule has 1 aromatic carbocycles. The smallest absolute Gasteiger partial charge is 0.407 e. The van der Waals surface area contributed by atoms with E-state index >= 15 is 0 Å². The van der Waals surface area contributed by atoms with Gasteiger partial charge in [0.1, 0.15) is 6.61 Å². The Balaban J connectivity index is 2.00. The molecule has 0 radical (unpaired) electrons. The van der Waals surface area contributed by atoms with Crippen molar-refractivity contribution in [1.82, 2.24) is 15.5 Å². The van der Waals surface area contributed by atoms with Crippen molar-refractivity contribution in [3.8, 4) is 0 Å². The number of nitrogens with zero attached hydrogens (tertiary/aromatic N) is 1. The lowest BCUT2D eigenvalue weighted by Crippen LogP contribution is -2.28. The molecule has 1 rings (SSSR count). The van der Waals surface area contributed by atoms with E-state index in [4.69, 9.17) is 4.74 Å². The monoisotopic (exact) mass is 531 g/mol. The van der Waals surface area contributed by atoms with Gasteiger partial charge in [-0.05, 0) is 39.5 Å². The summed E-state index contributed by atoms with van der Waals surface area (Å²) in [5.74, 6) is -0.128. The maximum Gasteiger partial charge on any atom is 0.407 e. The minimum absolute atomic E-state index is 0.0894. The van der Waals surface area contributed by atoms with E-state index in [0.29, 0.717) is 18.7 Å². The van der Waals surface area contributed by atoms with E-state index in [1.165, 1.54) is 89.9 Å². The highest BCUT2D eigenvalue weighted by Crippen LogP contribution is 2.14. The largest absolute Gasteiger partial charge is 0.445 e. The molecule has 0 heterocycles. The van der Waals surface area contributed by atoms with Gasteiger partial charge in [-0.3, -0.25) is 4.79 Å². The predicted molar refractivity (Wildman–Crippen MR) is 160 cm³/mol. The Bertz CT molecular complexity index is 724. The zero-order chi connectivity index (χ0) is 27.7. The van der Waals surface area contributed by atoms with E-state index < -0.39 is 6.09 Å². The SMILES string of the molecule is CCCCCCCCCCCCCCCCCCNC(=O)OCc1ccccc1C(=O)NCCCN(C)C. The number of benzene rings is 1. The van der Waals surface area contributed by atoms with Gasteiger partial charge in [0, 0.05) is 24.2 Å².